The number of carbonyl (C=O) groups excluding carboxylic acids is 2. The second-order valence-corrected chi connectivity index (χ2v) is 8.34. The zero-order valence-corrected chi connectivity index (χ0v) is 19.4. The molecule has 4 aromatic carbocycles. The third-order valence-electron chi connectivity index (χ3n) is 6.36. The van der Waals surface area contributed by atoms with Crippen LogP contribution in [-0.2, 0) is 14.3 Å². The third-order valence-corrected chi connectivity index (χ3v) is 6.36. The molecule has 0 bridgehead atoms. The van der Waals surface area contributed by atoms with Crippen LogP contribution in [0.1, 0.15) is 22.6 Å². The fraction of sp³-hybridized carbons (Fsp3) is 0.103. The van der Waals surface area contributed by atoms with Crippen molar-refractivity contribution in [2.24, 2.45) is 0 Å². The number of aromatic hydroxyl groups is 2. The number of methoxy groups -OCH3 is 1. The van der Waals surface area contributed by atoms with E-state index in [0.717, 1.165) is 28.3 Å². The first-order valence-corrected chi connectivity index (χ1v) is 11.3. The van der Waals surface area contributed by atoms with E-state index >= 15 is 0 Å². The van der Waals surface area contributed by atoms with E-state index in [0.29, 0.717) is 10.8 Å². The van der Waals surface area contributed by atoms with Crippen LogP contribution in [0.2, 0.25) is 0 Å². The molecule has 0 saturated carbocycles. The molecule has 0 heterocycles. The molecule has 0 spiro atoms. The average molecular weight is 482 g/mol. The second kappa shape index (κ2) is 9.46. The highest BCUT2D eigenvalue weighted by Crippen LogP contribution is 2.45. The highest BCUT2D eigenvalue weighted by Gasteiger charge is 2.29. The summed E-state index contributed by atoms with van der Waals surface area (Å²) in [5.74, 6) is -1.27. The molecule has 7 heteroatoms. The maximum atomic E-state index is 12.9. The molecular formula is C29H23NO6. The van der Waals surface area contributed by atoms with E-state index in [4.69, 9.17) is 4.74 Å². The average Bonchev–Trinajstić information content (AvgIpc) is 3.23. The molecule has 0 fully saturated rings. The molecule has 1 aliphatic rings. The lowest BCUT2D eigenvalue weighted by molar-refractivity contribution is -0.134. The van der Waals surface area contributed by atoms with Crippen LogP contribution in [0.5, 0.6) is 11.5 Å². The van der Waals surface area contributed by atoms with E-state index < -0.39 is 12.1 Å². The zero-order valence-electron chi connectivity index (χ0n) is 19.4. The van der Waals surface area contributed by atoms with Crippen molar-refractivity contribution in [3.63, 3.8) is 0 Å². The molecule has 180 valence electrons. The van der Waals surface area contributed by atoms with Crippen molar-refractivity contribution in [3.05, 3.63) is 95.6 Å². The number of fused-ring (bicyclic) bond motifs is 4. The second-order valence-electron chi connectivity index (χ2n) is 8.34. The molecular weight excluding hydrogens is 458 g/mol. The first kappa shape index (κ1) is 23.0. The number of amides is 1. The monoisotopic (exact) mass is 481 g/mol. The van der Waals surface area contributed by atoms with Gasteiger partial charge in [0.05, 0.1) is 12.8 Å². The number of esters is 1. The highest BCUT2D eigenvalue weighted by atomic mass is 16.5. The van der Waals surface area contributed by atoms with Gasteiger partial charge in [-0.3, -0.25) is 5.32 Å². The quantitative estimate of drug-likeness (QED) is 0.144. The van der Waals surface area contributed by atoms with Crippen molar-refractivity contribution >= 4 is 34.6 Å². The number of anilines is 1. The summed E-state index contributed by atoms with van der Waals surface area (Å²) in [6, 6.07) is 22.6. The van der Waals surface area contributed by atoms with Gasteiger partial charge in [0.1, 0.15) is 18.1 Å². The molecule has 5 rings (SSSR count). The lowest BCUT2D eigenvalue weighted by atomic mass is 9.98. The number of carbonyl (C=O) groups is 2. The molecule has 1 aliphatic carbocycles. The predicted molar refractivity (Wildman–Crippen MR) is 137 cm³/mol. The Kier molecular flexibility index (Phi) is 6.04. The largest absolute Gasteiger partial charge is 0.507 e. The summed E-state index contributed by atoms with van der Waals surface area (Å²) in [6.45, 7) is 0.0769. The Labute approximate surface area is 207 Å². The van der Waals surface area contributed by atoms with Crippen LogP contribution in [0.25, 0.3) is 28.0 Å². The first-order valence-electron chi connectivity index (χ1n) is 11.3. The fourth-order valence-corrected chi connectivity index (χ4v) is 4.67. The van der Waals surface area contributed by atoms with Crippen molar-refractivity contribution in [1.29, 1.82) is 0 Å². The van der Waals surface area contributed by atoms with Crippen LogP contribution in [0.15, 0.2) is 78.9 Å². The standard InChI is InChI=1S/C29H23NO6/c1-35-25(31)15-14-23-26(28(33)22-13-7-6-12-21(22)27(23)32)30-29(34)36-16-24-19-10-4-2-8-17(19)18-9-3-5-11-20(18)24/h2-15,24,32-33H,16H2,1H3,(H,30,34). The number of phenolic OH excluding ortho intramolecular Hbond substituents is 2. The van der Waals surface area contributed by atoms with Gasteiger partial charge in [0.15, 0.2) is 0 Å². The summed E-state index contributed by atoms with van der Waals surface area (Å²) in [7, 11) is 1.22. The molecule has 0 radical (unpaired) electrons. The summed E-state index contributed by atoms with van der Waals surface area (Å²) < 4.78 is 10.2. The number of phenols is 2. The number of rotatable bonds is 5. The lowest BCUT2D eigenvalue weighted by Gasteiger charge is -2.17. The Bertz CT molecular complexity index is 1480. The minimum Gasteiger partial charge on any atom is -0.507 e. The van der Waals surface area contributed by atoms with Crippen LogP contribution >= 0.6 is 0 Å². The van der Waals surface area contributed by atoms with E-state index in [1.807, 2.05) is 48.5 Å². The number of benzene rings is 4. The van der Waals surface area contributed by atoms with Gasteiger partial charge in [-0.15, -0.1) is 0 Å². The smallest absolute Gasteiger partial charge is 0.411 e. The molecule has 36 heavy (non-hydrogen) atoms. The van der Waals surface area contributed by atoms with Gasteiger partial charge in [-0.05, 0) is 28.3 Å². The van der Waals surface area contributed by atoms with Gasteiger partial charge in [0.25, 0.3) is 0 Å². The maximum absolute atomic E-state index is 12.9. The summed E-state index contributed by atoms with van der Waals surface area (Å²) >= 11 is 0. The third kappa shape index (κ3) is 4.01. The minimum absolute atomic E-state index is 0.0464. The lowest BCUT2D eigenvalue weighted by Crippen LogP contribution is -2.18. The number of nitrogens with one attached hydrogen (secondary N) is 1. The van der Waals surface area contributed by atoms with Crippen molar-refractivity contribution < 1.29 is 29.3 Å². The summed E-state index contributed by atoms with van der Waals surface area (Å²) in [6.07, 6.45) is 1.55. The number of ether oxygens (including phenoxy) is 2. The summed E-state index contributed by atoms with van der Waals surface area (Å²) in [5.41, 5.74) is 4.32. The molecule has 0 unspecified atom stereocenters. The molecule has 7 nitrogen and oxygen atoms in total. The maximum Gasteiger partial charge on any atom is 0.411 e. The van der Waals surface area contributed by atoms with Gasteiger partial charge >= 0.3 is 12.1 Å². The van der Waals surface area contributed by atoms with Crippen molar-refractivity contribution in [2.45, 2.75) is 5.92 Å². The van der Waals surface area contributed by atoms with Gasteiger partial charge in [0.2, 0.25) is 0 Å². The molecule has 0 aliphatic heterocycles. The van der Waals surface area contributed by atoms with E-state index in [1.54, 1.807) is 24.3 Å². The molecule has 0 saturated heterocycles. The Hall–Kier alpha value is -4.78. The zero-order chi connectivity index (χ0) is 25.2. The fourth-order valence-electron chi connectivity index (χ4n) is 4.67. The van der Waals surface area contributed by atoms with E-state index in [1.165, 1.54) is 13.2 Å². The topological polar surface area (TPSA) is 105 Å². The van der Waals surface area contributed by atoms with Crippen LogP contribution in [0.4, 0.5) is 10.5 Å². The van der Waals surface area contributed by atoms with Crippen LogP contribution in [0.3, 0.4) is 0 Å². The Morgan fingerprint density at radius 3 is 2.03 bits per heavy atom. The molecule has 0 atom stereocenters. The Morgan fingerprint density at radius 1 is 0.861 bits per heavy atom. The predicted octanol–water partition coefficient (Wildman–Crippen LogP) is 5.80. The normalized spacial score (nSPS) is 12.4. The van der Waals surface area contributed by atoms with Crippen LogP contribution < -0.4 is 5.32 Å². The van der Waals surface area contributed by atoms with E-state index in [-0.39, 0.29) is 35.3 Å². The number of hydrogen-bond acceptors (Lipinski definition) is 6. The van der Waals surface area contributed by atoms with E-state index in [2.05, 4.69) is 10.1 Å². The Morgan fingerprint density at radius 2 is 1.42 bits per heavy atom. The molecule has 1 amide bonds. The molecule has 3 N–H and O–H groups in total. The Balaban J connectivity index is 1.44. The van der Waals surface area contributed by atoms with E-state index in [9.17, 15) is 19.8 Å². The van der Waals surface area contributed by atoms with Crippen LogP contribution in [0, 0.1) is 0 Å². The SMILES string of the molecule is COC(=O)C=Cc1c(NC(=O)OCC2c3ccccc3-c3ccccc32)c(O)c2ccccc2c1O. The molecule has 4 aromatic rings. The van der Waals surface area contributed by atoms with Gasteiger partial charge in [-0.25, -0.2) is 9.59 Å². The van der Waals surface area contributed by atoms with Crippen molar-refractivity contribution in [1.82, 2.24) is 0 Å². The van der Waals surface area contributed by atoms with Crippen molar-refractivity contribution in [3.8, 4) is 22.6 Å². The first-order chi connectivity index (χ1) is 17.5. The number of hydrogen-bond donors (Lipinski definition) is 3. The van der Waals surface area contributed by atoms with Crippen LogP contribution in [-0.4, -0.2) is 36.0 Å². The van der Waals surface area contributed by atoms with Crippen molar-refractivity contribution in [2.75, 3.05) is 19.0 Å². The summed E-state index contributed by atoms with van der Waals surface area (Å²) in [4.78, 5) is 24.6. The van der Waals surface area contributed by atoms with Gasteiger partial charge in [0, 0.05) is 28.3 Å². The van der Waals surface area contributed by atoms with Gasteiger partial charge in [-0.2, -0.15) is 0 Å². The summed E-state index contributed by atoms with van der Waals surface area (Å²) in [5, 5.41) is 25.0. The minimum atomic E-state index is -0.811. The highest BCUT2D eigenvalue weighted by molar-refractivity contribution is 6.06. The van der Waals surface area contributed by atoms with Gasteiger partial charge < -0.3 is 19.7 Å². The molecule has 0 aromatic heterocycles. The van der Waals surface area contributed by atoms with Gasteiger partial charge in [-0.1, -0.05) is 72.8 Å².